The van der Waals surface area contributed by atoms with Gasteiger partial charge in [-0.3, -0.25) is 4.99 Å². The molecule has 3 aromatic rings. The summed E-state index contributed by atoms with van der Waals surface area (Å²) in [4.78, 5) is 7.61. The standard InChI is InChI=1S/C23H26N4O/c1-3-16-28-20-10-8-18(9-11-20)12-14-25-23(24-2)26-15-13-19-17-27-22-7-5-4-6-21(19)22/h1,4-11,17,27H,12-16H2,2H3,(H2,24,25,26). The van der Waals surface area contributed by atoms with E-state index in [1.54, 1.807) is 7.05 Å². The van der Waals surface area contributed by atoms with E-state index in [2.05, 4.69) is 63.1 Å². The number of benzene rings is 2. The van der Waals surface area contributed by atoms with Crippen molar-refractivity contribution >= 4 is 16.9 Å². The fourth-order valence-corrected chi connectivity index (χ4v) is 3.08. The summed E-state index contributed by atoms with van der Waals surface area (Å²) in [6.07, 6.45) is 9.12. The van der Waals surface area contributed by atoms with Gasteiger partial charge in [-0.2, -0.15) is 0 Å². The number of nitrogens with one attached hydrogen (secondary N) is 3. The first-order valence-corrected chi connectivity index (χ1v) is 9.45. The monoisotopic (exact) mass is 374 g/mol. The number of aromatic amines is 1. The average Bonchev–Trinajstić information content (AvgIpc) is 3.15. The van der Waals surface area contributed by atoms with Crippen molar-refractivity contribution in [3.05, 3.63) is 65.9 Å². The van der Waals surface area contributed by atoms with E-state index in [0.29, 0.717) is 6.61 Å². The van der Waals surface area contributed by atoms with Crippen LogP contribution in [-0.2, 0) is 12.8 Å². The van der Waals surface area contributed by atoms with E-state index in [1.807, 2.05) is 18.2 Å². The Labute approximate surface area is 166 Å². The van der Waals surface area contributed by atoms with Crippen molar-refractivity contribution in [2.75, 3.05) is 26.7 Å². The highest BCUT2D eigenvalue weighted by atomic mass is 16.5. The number of para-hydroxylation sites is 1. The summed E-state index contributed by atoms with van der Waals surface area (Å²) in [6, 6.07) is 16.4. The molecule has 0 aliphatic carbocycles. The van der Waals surface area contributed by atoms with Crippen LogP contribution in [0.25, 0.3) is 10.9 Å². The lowest BCUT2D eigenvalue weighted by Crippen LogP contribution is -2.39. The molecule has 5 nitrogen and oxygen atoms in total. The summed E-state index contributed by atoms with van der Waals surface area (Å²) < 4.78 is 5.39. The zero-order valence-electron chi connectivity index (χ0n) is 16.2. The van der Waals surface area contributed by atoms with Crippen molar-refractivity contribution in [3.8, 4) is 18.1 Å². The van der Waals surface area contributed by atoms with Gasteiger partial charge in [0, 0.05) is 37.2 Å². The second-order valence-corrected chi connectivity index (χ2v) is 6.42. The highest BCUT2D eigenvalue weighted by Crippen LogP contribution is 2.17. The smallest absolute Gasteiger partial charge is 0.190 e. The fourth-order valence-electron chi connectivity index (χ4n) is 3.08. The second kappa shape index (κ2) is 10.1. The number of rotatable bonds is 8. The largest absolute Gasteiger partial charge is 0.481 e. The van der Waals surface area contributed by atoms with Crippen LogP contribution >= 0.6 is 0 Å². The van der Waals surface area contributed by atoms with E-state index in [1.165, 1.54) is 22.0 Å². The molecule has 1 heterocycles. The maximum atomic E-state index is 5.39. The average molecular weight is 374 g/mol. The van der Waals surface area contributed by atoms with Crippen LogP contribution in [0, 0.1) is 12.3 Å². The van der Waals surface area contributed by atoms with E-state index < -0.39 is 0 Å². The van der Waals surface area contributed by atoms with Crippen molar-refractivity contribution in [2.45, 2.75) is 12.8 Å². The molecule has 0 amide bonds. The van der Waals surface area contributed by atoms with Gasteiger partial charge in [-0.1, -0.05) is 36.3 Å². The molecule has 0 aliphatic heterocycles. The molecule has 0 saturated carbocycles. The Morgan fingerprint density at radius 2 is 1.82 bits per heavy atom. The number of ether oxygens (including phenoxy) is 1. The van der Waals surface area contributed by atoms with Gasteiger partial charge in [0.1, 0.15) is 12.4 Å². The van der Waals surface area contributed by atoms with Crippen LogP contribution in [0.15, 0.2) is 59.7 Å². The SMILES string of the molecule is C#CCOc1ccc(CCNC(=NC)NCCc2c[nH]c3ccccc23)cc1. The Morgan fingerprint density at radius 1 is 1.07 bits per heavy atom. The first-order valence-electron chi connectivity index (χ1n) is 9.45. The van der Waals surface area contributed by atoms with Crippen molar-refractivity contribution in [1.29, 1.82) is 0 Å². The van der Waals surface area contributed by atoms with Gasteiger partial charge in [-0.25, -0.2) is 0 Å². The Morgan fingerprint density at radius 3 is 2.57 bits per heavy atom. The summed E-state index contributed by atoms with van der Waals surface area (Å²) >= 11 is 0. The van der Waals surface area contributed by atoms with Gasteiger partial charge < -0.3 is 20.4 Å². The first kappa shape index (κ1) is 19.4. The zero-order valence-corrected chi connectivity index (χ0v) is 16.2. The van der Waals surface area contributed by atoms with Gasteiger partial charge in [-0.15, -0.1) is 6.42 Å². The van der Waals surface area contributed by atoms with Gasteiger partial charge in [0.05, 0.1) is 0 Å². The lowest BCUT2D eigenvalue weighted by Gasteiger charge is -2.12. The number of nitrogens with zero attached hydrogens (tertiary/aromatic N) is 1. The van der Waals surface area contributed by atoms with Gasteiger partial charge >= 0.3 is 0 Å². The number of fused-ring (bicyclic) bond motifs is 1. The number of hydrogen-bond acceptors (Lipinski definition) is 2. The predicted octanol–water partition coefficient (Wildman–Crippen LogP) is 3.13. The molecule has 0 bridgehead atoms. The molecule has 144 valence electrons. The number of aliphatic imine (C=N–C) groups is 1. The minimum Gasteiger partial charge on any atom is -0.481 e. The topological polar surface area (TPSA) is 61.4 Å². The molecule has 1 aromatic heterocycles. The van der Waals surface area contributed by atoms with Crippen molar-refractivity contribution in [3.63, 3.8) is 0 Å². The van der Waals surface area contributed by atoms with Crippen molar-refractivity contribution < 1.29 is 4.74 Å². The lowest BCUT2D eigenvalue weighted by molar-refractivity contribution is 0.370. The van der Waals surface area contributed by atoms with Gasteiger partial charge in [0.15, 0.2) is 5.96 Å². The Balaban J connectivity index is 1.40. The molecule has 0 aliphatic rings. The highest BCUT2D eigenvalue weighted by molar-refractivity contribution is 5.83. The van der Waals surface area contributed by atoms with Gasteiger partial charge in [0.2, 0.25) is 0 Å². The van der Waals surface area contributed by atoms with E-state index in [4.69, 9.17) is 11.2 Å². The minimum absolute atomic E-state index is 0.293. The third-order valence-electron chi connectivity index (χ3n) is 4.54. The number of aromatic nitrogens is 1. The molecule has 0 unspecified atom stereocenters. The van der Waals surface area contributed by atoms with Crippen molar-refractivity contribution in [1.82, 2.24) is 15.6 Å². The number of guanidine groups is 1. The van der Waals surface area contributed by atoms with Gasteiger partial charge in [-0.05, 0) is 42.2 Å². The molecule has 0 atom stereocenters. The summed E-state index contributed by atoms with van der Waals surface area (Å²) in [5.74, 6) is 4.07. The zero-order chi connectivity index (χ0) is 19.6. The van der Waals surface area contributed by atoms with Crippen LogP contribution in [0.4, 0.5) is 0 Å². The number of hydrogen-bond donors (Lipinski definition) is 3. The quantitative estimate of drug-likeness (QED) is 0.322. The van der Waals surface area contributed by atoms with E-state index in [9.17, 15) is 0 Å². The Hall–Kier alpha value is -3.39. The van der Waals surface area contributed by atoms with E-state index in [0.717, 1.165) is 37.6 Å². The maximum Gasteiger partial charge on any atom is 0.190 e. The van der Waals surface area contributed by atoms with Gasteiger partial charge in [0.25, 0.3) is 0 Å². The molecule has 0 spiro atoms. The Bertz CT molecular complexity index is 951. The normalized spacial score (nSPS) is 11.2. The Kier molecular flexibility index (Phi) is 6.97. The summed E-state index contributed by atoms with van der Waals surface area (Å²) in [5.41, 5.74) is 3.72. The molecule has 0 radical (unpaired) electrons. The molecule has 3 N–H and O–H groups in total. The molecular formula is C23H26N4O. The maximum absolute atomic E-state index is 5.39. The van der Waals surface area contributed by atoms with Crippen LogP contribution in [0.3, 0.4) is 0 Å². The summed E-state index contributed by atoms with van der Waals surface area (Å²) in [5, 5.41) is 8.01. The third kappa shape index (κ3) is 5.31. The number of terminal acetylenes is 1. The van der Waals surface area contributed by atoms with E-state index >= 15 is 0 Å². The number of H-pyrrole nitrogens is 1. The van der Waals surface area contributed by atoms with Crippen LogP contribution < -0.4 is 15.4 Å². The van der Waals surface area contributed by atoms with Crippen LogP contribution in [0.2, 0.25) is 0 Å². The predicted molar refractivity (Wildman–Crippen MR) is 116 cm³/mol. The van der Waals surface area contributed by atoms with Crippen molar-refractivity contribution in [2.24, 2.45) is 4.99 Å². The second-order valence-electron chi connectivity index (χ2n) is 6.42. The van der Waals surface area contributed by atoms with Crippen LogP contribution in [-0.4, -0.2) is 37.7 Å². The molecule has 3 rings (SSSR count). The first-order chi connectivity index (χ1) is 13.8. The molecule has 0 fully saturated rings. The lowest BCUT2D eigenvalue weighted by atomic mass is 10.1. The van der Waals surface area contributed by atoms with Crippen LogP contribution in [0.5, 0.6) is 5.75 Å². The molecular weight excluding hydrogens is 348 g/mol. The van der Waals surface area contributed by atoms with Crippen LogP contribution in [0.1, 0.15) is 11.1 Å². The summed E-state index contributed by atoms with van der Waals surface area (Å²) in [7, 11) is 1.79. The minimum atomic E-state index is 0.293. The third-order valence-corrected chi connectivity index (χ3v) is 4.54. The molecule has 28 heavy (non-hydrogen) atoms. The van der Waals surface area contributed by atoms with E-state index in [-0.39, 0.29) is 0 Å². The highest BCUT2D eigenvalue weighted by Gasteiger charge is 2.03. The summed E-state index contributed by atoms with van der Waals surface area (Å²) in [6.45, 7) is 1.92. The fraction of sp³-hybridized carbons (Fsp3) is 0.261. The molecule has 0 saturated heterocycles. The molecule has 2 aromatic carbocycles. The molecule has 5 heteroatoms.